The molecule has 1 aliphatic carbocycles. The normalized spacial score (nSPS) is 42.7. The van der Waals surface area contributed by atoms with Crippen molar-refractivity contribution >= 4 is 0 Å². The van der Waals surface area contributed by atoms with Gasteiger partial charge in [0.25, 0.3) is 0 Å². The molecule has 2 heteroatoms. The lowest BCUT2D eigenvalue weighted by atomic mass is 10.2. The van der Waals surface area contributed by atoms with Gasteiger partial charge in [0.1, 0.15) is 12.1 Å². The maximum atomic E-state index is 5.57. The highest BCUT2D eigenvalue weighted by molar-refractivity contribution is 4.77. The summed E-state index contributed by atoms with van der Waals surface area (Å²) in [7, 11) is 0. The van der Waals surface area contributed by atoms with Crippen molar-refractivity contribution in [3.8, 4) is 0 Å². The average molecular weight is 128 g/mol. The molecule has 0 spiro atoms. The molecule has 2 unspecified atom stereocenters. The van der Waals surface area contributed by atoms with Crippen LogP contribution in [0.3, 0.4) is 0 Å². The zero-order valence-electron chi connectivity index (χ0n) is 5.68. The Bertz CT molecular complexity index is 93.1. The molecule has 0 aromatic rings. The molecule has 52 valence electrons. The number of hydrogen-bond acceptors (Lipinski definition) is 1. The number of morpholine rings is 1. The zero-order chi connectivity index (χ0) is 6.10. The maximum Gasteiger partial charge on any atom is 0.112 e. The first kappa shape index (κ1) is 5.69. The SMILES string of the molecule is C1CC2[NH2+]CCOC2C1. The van der Waals surface area contributed by atoms with Gasteiger partial charge >= 0.3 is 0 Å². The highest BCUT2D eigenvalue weighted by Gasteiger charge is 2.33. The van der Waals surface area contributed by atoms with Crippen LogP contribution >= 0.6 is 0 Å². The van der Waals surface area contributed by atoms with E-state index in [1.54, 1.807) is 0 Å². The zero-order valence-corrected chi connectivity index (χ0v) is 5.68. The monoisotopic (exact) mass is 128 g/mol. The minimum Gasteiger partial charge on any atom is -0.366 e. The van der Waals surface area contributed by atoms with Crippen molar-refractivity contribution in [2.24, 2.45) is 0 Å². The molecule has 2 atom stereocenters. The molecule has 2 rings (SSSR count). The lowest BCUT2D eigenvalue weighted by Gasteiger charge is -2.23. The average Bonchev–Trinajstić information content (AvgIpc) is 2.33. The third-order valence-corrected chi connectivity index (χ3v) is 2.42. The molecule has 2 nitrogen and oxygen atoms in total. The summed E-state index contributed by atoms with van der Waals surface area (Å²) in [5, 5.41) is 2.45. The number of quaternary nitrogens is 1. The molecule has 0 bridgehead atoms. The van der Waals surface area contributed by atoms with Gasteiger partial charge in [-0.3, -0.25) is 0 Å². The van der Waals surface area contributed by atoms with Gasteiger partial charge in [-0.15, -0.1) is 0 Å². The maximum absolute atomic E-state index is 5.57. The van der Waals surface area contributed by atoms with Gasteiger partial charge in [-0.25, -0.2) is 0 Å². The molecule has 0 aromatic heterocycles. The van der Waals surface area contributed by atoms with Crippen LogP contribution in [0.4, 0.5) is 0 Å². The van der Waals surface area contributed by atoms with E-state index >= 15 is 0 Å². The quantitative estimate of drug-likeness (QED) is 0.467. The van der Waals surface area contributed by atoms with Gasteiger partial charge in [0.05, 0.1) is 13.2 Å². The molecule has 1 saturated carbocycles. The van der Waals surface area contributed by atoms with E-state index in [0.29, 0.717) is 6.10 Å². The van der Waals surface area contributed by atoms with Crippen molar-refractivity contribution in [3.05, 3.63) is 0 Å². The first-order chi connectivity index (χ1) is 4.47. The van der Waals surface area contributed by atoms with E-state index in [2.05, 4.69) is 5.32 Å². The van der Waals surface area contributed by atoms with Crippen molar-refractivity contribution in [1.82, 2.24) is 0 Å². The van der Waals surface area contributed by atoms with Crippen LogP contribution in [0, 0.1) is 0 Å². The van der Waals surface area contributed by atoms with Crippen molar-refractivity contribution in [2.45, 2.75) is 31.4 Å². The van der Waals surface area contributed by atoms with Crippen LogP contribution in [0.5, 0.6) is 0 Å². The first-order valence-electron chi connectivity index (χ1n) is 3.92. The van der Waals surface area contributed by atoms with Crippen LogP contribution in [0.25, 0.3) is 0 Å². The Balaban J connectivity index is 1.97. The van der Waals surface area contributed by atoms with E-state index < -0.39 is 0 Å². The lowest BCUT2D eigenvalue weighted by molar-refractivity contribution is -0.709. The fourth-order valence-corrected chi connectivity index (χ4v) is 1.93. The molecule has 1 heterocycles. The number of hydrogen-bond donors (Lipinski definition) is 1. The highest BCUT2D eigenvalue weighted by atomic mass is 16.5. The second-order valence-electron chi connectivity index (χ2n) is 3.03. The van der Waals surface area contributed by atoms with Crippen molar-refractivity contribution in [1.29, 1.82) is 0 Å². The molecule has 2 fully saturated rings. The molecule has 9 heavy (non-hydrogen) atoms. The van der Waals surface area contributed by atoms with Crippen LogP contribution in [0.1, 0.15) is 19.3 Å². The molecular weight excluding hydrogens is 114 g/mol. The number of nitrogens with two attached hydrogens (primary N) is 1. The number of ether oxygens (including phenoxy) is 1. The fraction of sp³-hybridized carbons (Fsp3) is 1.00. The third kappa shape index (κ3) is 0.970. The van der Waals surface area contributed by atoms with E-state index in [4.69, 9.17) is 4.74 Å². The van der Waals surface area contributed by atoms with E-state index in [1.165, 1.54) is 25.8 Å². The van der Waals surface area contributed by atoms with Gasteiger partial charge in [0.15, 0.2) is 0 Å². The molecule has 1 saturated heterocycles. The summed E-state index contributed by atoms with van der Waals surface area (Å²) in [5.41, 5.74) is 0. The summed E-state index contributed by atoms with van der Waals surface area (Å²) in [6.45, 7) is 2.16. The second kappa shape index (κ2) is 2.27. The summed E-state index contributed by atoms with van der Waals surface area (Å²) in [6, 6.07) is 0.818. The highest BCUT2D eigenvalue weighted by Crippen LogP contribution is 2.20. The minimum absolute atomic E-state index is 0.610. The van der Waals surface area contributed by atoms with E-state index in [9.17, 15) is 0 Å². The molecule has 1 aliphatic heterocycles. The lowest BCUT2D eigenvalue weighted by Crippen LogP contribution is -2.94. The number of rotatable bonds is 0. The van der Waals surface area contributed by atoms with Crippen molar-refractivity contribution < 1.29 is 10.1 Å². The van der Waals surface area contributed by atoms with Gasteiger partial charge in [0, 0.05) is 6.42 Å². The Morgan fingerprint density at radius 1 is 1.33 bits per heavy atom. The Hall–Kier alpha value is -0.0800. The summed E-state index contributed by atoms with van der Waals surface area (Å²) in [6.07, 6.45) is 4.68. The third-order valence-electron chi connectivity index (χ3n) is 2.42. The van der Waals surface area contributed by atoms with Gasteiger partial charge in [-0.05, 0) is 12.8 Å². The predicted octanol–water partition coefficient (Wildman–Crippen LogP) is -0.499. The second-order valence-corrected chi connectivity index (χ2v) is 3.03. The predicted molar refractivity (Wildman–Crippen MR) is 34.2 cm³/mol. The fourth-order valence-electron chi connectivity index (χ4n) is 1.93. The van der Waals surface area contributed by atoms with Crippen LogP contribution in [0.15, 0.2) is 0 Å². The van der Waals surface area contributed by atoms with Gasteiger partial charge in [0.2, 0.25) is 0 Å². The van der Waals surface area contributed by atoms with Crippen LogP contribution in [0.2, 0.25) is 0 Å². The van der Waals surface area contributed by atoms with Crippen LogP contribution < -0.4 is 5.32 Å². The topological polar surface area (TPSA) is 25.8 Å². The first-order valence-corrected chi connectivity index (χ1v) is 3.92. The summed E-state index contributed by atoms with van der Waals surface area (Å²) >= 11 is 0. The number of fused-ring (bicyclic) bond motifs is 1. The van der Waals surface area contributed by atoms with Crippen molar-refractivity contribution in [2.75, 3.05) is 13.2 Å². The largest absolute Gasteiger partial charge is 0.366 e. The van der Waals surface area contributed by atoms with E-state index in [1.807, 2.05) is 0 Å². The Labute approximate surface area is 55.6 Å². The minimum atomic E-state index is 0.610. The van der Waals surface area contributed by atoms with Gasteiger partial charge < -0.3 is 10.1 Å². The molecule has 2 aliphatic rings. The smallest absolute Gasteiger partial charge is 0.112 e. The molecule has 2 N–H and O–H groups in total. The summed E-state index contributed by atoms with van der Waals surface area (Å²) in [5.74, 6) is 0. The van der Waals surface area contributed by atoms with Gasteiger partial charge in [-0.2, -0.15) is 0 Å². The molecule has 0 radical (unpaired) electrons. The van der Waals surface area contributed by atoms with Crippen molar-refractivity contribution in [3.63, 3.8) is 0 Å². The molecular formula is C7H14NO+. The standard InChI is InChI=1S/C7H13NO/c1-2-6-7(3-1)9-5-4-8-6/h6-8H,1-5H2/p+1. The van der Waals surface area contributed by atoms with Crippen LogP contribution in [-0.2, 0) is 4.74 Å². The van der Waals surface area contributed by atoms with Gasteiger partial charge in [-0.1, -0.05) is 0 Å². The van der Waals surface area contributed by atoms with E-state index in [0.717, 1.165) is 12.6 Å². The van der Waals surface area contributed by atoms with E-state index in [-0.39, 0.29) is 0 Å². The Morgan fingerprint density at radius 2 is 2.33 bits per heavy atom. The Morgan fingerprint density at radius 3 is 3.22 bits per heavy atom. The molecule has 0 amide bonds. The summed E-state index contributed by atoms with van der Waals surface area (Å²) in [4.78, 5) is 0. The van der Waals surface area contributed by atoms with Crippen LogP contribution in [-0.4, -0.2) is 25.3 Å². The Kier molecular flexibility index (Phi) is 1.44. The molecule has 0 aromatic carbocycles. The summed E-state index contributed by atoms with van der Waals surface area (Å²) < 4.78 is 5.57.